The van der Waals surface area contributed by atoms with E-state index in [1.54, 1.807) is 11.0 Å². The van der Waals surface area contributed by atoms with Gasteiger partial charge in [0.1, 0.15) is 5.60 Å². The molecule has 0 aromatic heterocycles. The topological polar surface area (TPSA) is 64.1 Å². The number of aliphatic hydroxyl groups is 1. The van der Waals surface area contributed by atoms with Crippen LogP contribution in [0.3, 0.4) is 0 Å². The van der Waals surface area contributed by atoms with E-state index in [-0.39, 0.29) is 36.1 Å². The number of likely N-dealkylation sites (tertiary alicyclic amines) is 2. The lowest BCUT2D eigenvalue weighted by molar-refractivity contribution is -0.137. The first-order valence-electron chi connectivity index (χ1n) is 15.4. The van der Waals surface area contributed by atoms with E-state index in [2.05, 4.69) is 11.5 Å². The van der Waals surface area contributed by atoms with E-state index < -0.39 is 17.3 Å². The number of benzene rings is 2. The van der Waals surface area contributed by atoms with Gasteiger partial charge in [0.15, 0.2) is 0 Å². The fraction of sp³-hybridized carbons (Fsp3) is 0.529. The molecule has 0 radical (unpaired) electrons. The number of β-amino-alcohol motifs (C(OH)–C–C–N with tert-alkyl or cyclic N) is 1. The number of nitrogens with zero attached hydrogens (tertiary/aromatic N) is 3. The van der Waals surface area contributed by atoms with Crippen LogP contribution in [0.4, 0.5) is 13.2 Å². The van der Waals surface area contributed by atoms with Gasteiger partial charge in [-0.15, -0.1) is 6.58 Å². The van der Waals surface area contributed by atoms with Crippen LogP contribution in [-0.2, 0) is 27.8 Å². The van der Waals surface area contributed by atoms with Gasteiger partial charge >= 0.3 is 6.18 Å². The van der Waals surface area contributed by atoms with Gasteiger partial charge in [0.05, 0.1) is 18.5 Å². The maximum Gasteiger partial charge on any atom is 0.416 e. The molecule has 2 aliphatic heterocycles. The Labute approximate surface area is 252 Å². The summed E-state index contributed by atoms with van der Waals surface area (Å²) in [6.07, 6.45) is 2.81. The molecular weight excluding hydrogens is 555 g/mol. The standard InChI is InChI=1S/C34H42F3N3O3/c1-2-18-40(31(41)21-25-12-14-28(15-13-25)34(35,36)37)30-16-19-38(20-17-30)22-29-23-39(32(42)26-8-6-7-9-26)24-33(29,43)27-10-4-3-5-11-27/h2-5,10-15,26,29-30,43H,1,6-9,16-24H2/t29-,33-/m0/s1. The molecule has 2 atom stereocenters. The van der Waals surface area contributed by atoms with Crippen LogP contribution < -0.4 is 0 Å². The molecule has 2 saturated heterocycles. The summed E-state index contributed by atoms with van der Waals surface area (Å²) in [4.78, 5) is 32.6. The maximum absolute atomic E-state index is 13.3. The minimum atomic E-state index is -4.41. The smallest absolute Gasteiger partial charge is 0.383 e. The van der Waals surface area contributed by atoms with Crippen molar-refractivity contribution in [2.24, 2.45) is 11.8 Å². The third-order valence-electron chi connectivity index (χ3n) is 9.60. The van der Waals surface area contributed by atoms with Crippen molar-refractivity contribution < 1.29 is 27.9 Å². The van der Waals surface area contributed by atoms with Crippen molar-refractivity contribution in [1.29, 1.82) is 0 Å². The highest BCUT2D eigenvalue weighted by molar-refractivity contribution is 5.80. The van der Waals surface area contributed by atoms with Crippen molar-refractivity contribution in [2.75, 3.05) is 39.3 Å². The number of rotatable bonds is 9. The molecule has 5 rings (SSSR count). The molecule has 43 heavy (non-hydrogen) atoms. The van der Waals surface area contributed by atoms with Crippen LogP contribution in [0.5, 0.6) is 0 Å². The monoisotopic (exact) mass is 597 g/mol. The Morgan fingerprint density at radius 3 is 2.26 bits per heavy atom. The van der Waals surface area contributed by atoms with E-state index in [0.717, 1.165) is 69.3 Å². The molecule has 2 heterocycles. The molecule has 3 aliphatic rings. The number of hydrogen-bond donors (Lipinski definition) is 1. The normalized spacial score (nSPS) is 23.9. The summed E-state index contributed by atoms with van der Waals surface area (Å²) in [5.41, 5.74) is -0.476. The number of carbonyl (C=O) groups is 2. The van der Waals surface area contributed by atoms with Gasteiger partial charge in [0.25, 0.3) is 0 Å². The SMILES string of the molecule is C=CCN(C(=O)Cc1ccc(C(F)(F)F)cc1)C1CCN(C[C@H]2CN(C(=O)C3CCCC3)C[C@]2(O)c2ccccc2)CC1. The number of halogens is 3. The van der Waals surface area contributed by atoms with Crippen molar-refractivity contribution in [3.05, 3.63) is 83.9 Å². The van der Waals surface area contributed by atoms with Crippen molar-refractivity contribution in [3.8, 4) is 0 Å². The van der Waals surface area contributed by atoms with Crippen LogP contribution in [0.1, 0.15) is 55.2 Å². The zero-order valence-electron chi connectivity index (χ0n) is 24.6. The van der Waals surface area contributed by atoms with Crippen LogP contribution in [0.2, 0.25) is 0 Å². The molecule has 1 saturated carbocycles. The lowest BCUT2D eigenvalue weighted by Crippen LogP contribution is -2.50. The largest absolute Gasteiger partial charge is 0.416 e. The Balaban J connectivity index is 1.22. The summed E-state index contributed by atoms with van der Waals surface area (Å²) in [6.45, 7) is 7.14. The van der Waals surface area contributed by atoms with Crippen LogP contribution in [-0.4, -0.2) is 76.9 Å². The summed E-state index contributed by atoms with van der Waals surface area (Å²) in [5.74, 6) is -0.0408. The molecule has 2 aromatic rings. The Morgan fingerprint density at radius 1 is 1.00 bits per heavy atom. The Hall–Kier alpha value is -3.17. The third kappa shape index (κ3) is 7.15. The number of hydrogen-bond acceptors (Lipinski definition) is 4. The lowest BCUT2D eigenvalue weighted by atomic mass is 9.83. The highest BCUT2D eigenvalue weighted by Crippen LogP contribution is 2.40. The molecule has 1 N–H and O–H groups in total. The van der Waals surface area contributed by atoms with Gasteiger partial charge in [-0.3, -0.25) is 9.59 Å². The summed E-state index contributed by atoms with van der Waals surface area (Å²) < 4.78 is 38.8. The van der Waals surface area contributed by atoms with Crippen molar-refractivity contribution in [3.63, 3.8) is 0 Å². The summed E-state index contributed by atoms with van der Waals surface area (Å²) in [6, 6.07) is 14.4. The number of piperidine rings is 1. The predicted octanol–water partition coefficient (Wildman–Crippen LogP) is 5.26. The van der Waals surface area contributed by atoms with Crippen molar-refractivity contribution in [1.82, 2.24) is 14.7 Å². The first-order valence-corrected chi connectivity index (χ1v) is 15.4. The number of alkyl halides is 3. The fourth-order valence-electron chi connectivity index (χ4n) is 7.17. The summed E-state index contributed by atoms with van der Waals surface area (Å²) >= 11 is 0. The van der Waals surface area contributed by atoms with Gasteiger partial charge in [-0.1, -0.05) is 61.4 Å². The molecule has 0 unspecified atom stereocenters. The third-order valence-corrected chi connectivity index (χ3v) is 9.60. The summed E-state index contributed by atoms with van der Waals surface area (Å²) in [7, 11) is 0. The van der Waals surface area contributed by atoms with Gasteiger partial charge in [0, 0.05) is 50.6 Å². The van der Waals surface area contributed by atoms with Gasteiger partial charge in [-0.05, 0) is 48.9 Å². The van der Waals surface area contributed by atoms with Crippen LogP contribution in [0.25, 0.3) is 0 Å². The predicted molar refractivity (Wildman–Crippen MR) is 159 cm³/mol. The van der Waals surface area contributed by atoms with E-state index in [1.807, 2.05) is 35.2 Å². The van der Waals surface area contributed by atoms with Crippen molar-refractivity contribution in [2.45, 2.75) is 62.8 Å². The number of carbonyl (C=O) groups excluding carboxylic acids is 2. The molecular formula is C34H42F3N3O3. The average molecular weight is 598 g/mol. The van der Waals surface area contributed by atoms with Crippen molar-refractivity contribution >= 4 is 11.8 Å². The lowest BCUT2D eigenvalue weighted by Gasteiger charge is -2.40. The highest BCUT2D eigenvalue weighted by Gasteiger charge is 2.49. The Morgan fingerprint density at radius 2 is 1.65 bits per heavy atom. The molecule has 1 aliphatic carbocycles. The average Bonchev–Trinajstić information content (AvgIpc) is 3.66. The molecule has 232 valence electrons. The summed E-state index contributed by atoms with van der Waals surface area (Å²) in [5, 5.41) is 12.1. The van der Waals surface area contributed by atoms with Crippen LogP contribution >= 0.6 is 0 Å². The molecule has 9 heteroatoms. The molecule has 0 spiro atoms. The zero-order valence-corrected chi connectivity index (χ0v) is 24.6. The second-order valence-corrected chi connectivity index (χ2v) is 12.4. The van der Waals surface area contributed by atoms with E-state index in [1.165, 1.54) is 12.1 Å². The Bertz CT molecular complexity index is 1260. The highest BCUT2D eigenvalue weighted by atomic mass is 19.4. The van der Waals surface area contributed by atoms with Gasteiger partial charge in [-0.2, -0.15) is 13.2 Å². The first-order chi connectivity index (χ1) is 20.6. The van der Waals surface area contributed by atoms with E-state index in [9.17, 15) is 27.9 Å². The zero-order chi connectivity index (χ0) is 30.6. The van der Waals surface area contributed by atoms with E-state index >= 15 is 0 Å². The van der Waals surface area contributed by atoms with Crippen LogP contribution in [0, 0.1) is 11.8 Å². The molecule has 2 amide bonds. The minimum absolute atomic E-state index is 0.00627. The van der Waals surface area contributed by atoms with Gasteiger partial charge < -0.3 is 19.8 Å². The second kappa shape index (κ2) is 13.2. The molecule has 3 fully saturated rings. The van der Waals surface area contributed by atoms with E-state index in [0.29, 0.717) is 31.7 Å². The minimum Gasteiger partial charge on any atom is -0.383 e. The van der Waals surface area contributed by atoms with E-state index in [4.69, 9.17) is 0 Å². The maximum atomic E-state index is 13.3. The Kier molecular flexibility index (Phi) is 9.61. The van der Waals surface area contributed by atoms with Gasteiger partial charge in [-0.25, -0.2) is 0 Å². The van der Waals surface area contributed by atoms with Crippen LogP contribution in [0.15, 0.2) is 67.3 Å². The first kappa shape index (κ1) is 31.3. The second-order valence-electron chi connectivity index (χ2n) is 12.4. The quantitative estimate of drug-likeness (QED) is 0.401. The molecule has 6 nitrogen and oxygen atoms in total. The fourth-order valence-corrected chi connectivity index (χ4v) is 7.17. The van der Waals surface area contributed by atoms with Gasteiger partial charge in [0.2, 0.25) is 11.8 Å². The molecule has 0 bridgehead atoms. The number of amides is 2. The molecule has 2 aromatic carbocycles.